The molecule has 8 nitrogen and oxygen atoms in total. The minimum absolute atomic E-state index is 0.0370. The minimum Gasteiger partial charge on any atom is -0.465 e. The standard InChI is InChI=1S/C16H19F3N2O6/c1-2-26-11(22)9-21-13(24)12(23)15(20,27-14(25)16(17,18)19)8-10-6-4-3-5-7-10/h3-7,12,23H,2,8-9,20H2,1H3,(H,21,24)/t12?,15-/m0/s1. The Morgan fingerprint density at radius 1 is 1.22 bits per heavy atom. The highest BCUT2D eigenvalue weighted by molar-refractivity contribution is 5.86. The molecule has 0 aliphatic rings. The number of esters is 2. The molecule has 0 radical (unpaired) electrons. The van der Waals surface area contributed by atoms with Crippen LogP contribution in [-0.4, -0.2) is 54.1 Å². The molecule has 0 heterocycles. The molecule has 1 amide bonds. The van der Waals surface area contributed by atoms with Gasteiger partial charge >= 0.3 is 18.1 Å². The van der Waals surface area contributed by atoms with Crippen LogP contribution in [0, 0.1) is 0 Å². The summed E-state index contributed by atoms with van der Waals surface area (Å²) in [6.07, 6.45) is -8.37. The smallest absolute Gasteiger partial charge is 0.465 e. The van der Waals surface area contributed by atoms with E-state index in [9.17, 15) is 32.7 Å². The van der Waals surface area contributed by atoms with E-state index in [1.54, 1.807) is 6.07 Å². The number of ether oxygens (including phenoxy) is 2. The molecule has 4 N–H and O–H groups in total. The summed E-state index contributed by atoms with van der Waals surface area (Å²) in [5.41, 5.74) is 3.24. The number of alkyl halides is 3. The highest BCUT2D eigenvalue weighted by Crippen LogP contribution is 2.24. The third-order valence-electron chi connectivity index (χ3n) is 3.26. The van der Waals surface area contributed by atoms with Crippen LogP contribution in [0.25, 0.3) is 0 Å². The average molecular weight is 392 g/mol. The van der Waals surface area contributed by atoms with Gasteiger partial charge < -0.3 is 19.9 Å². The second-order valence-electron chi connectivity index (χ2n) is 5.43. The predicted molar refractivity (Wildman–Crippen MR) is 84.9 cm³/mol. The second-order valence-corrected chi connectivity index (χ2v) is 5.43. The van der Waals surface area contributed by atoms with Crippen molar-refractivity contribution in [1.29, 1.82) is 0 Å². The summed E-state index contributed by atoms with van der Waals surface area (Å²) in [5, 5.41) is 12.1. The van der Waals surface area contributed by atoms with Gasteiger partial charge in [-0.1, -0.05) is 30.3 Å². The lowest BCUT2D eigenvalue weighted by Crippen LogP contribution is -2.62. The molecule has 0 spiro atoms. The number of carbonyl (C=O) groups excluding carboxylic acids is 3. The normalized spacial score (nSPS) is 14.6. The molecular formula is C16H19F3N2O6. The summed E-state index contributed by atoms with van der Waals surface area (Å²) < 4.78 is 46.4. The van der Waals surface area contributed by atoms with Crippen LogP contribution in [0.2, 0.25) is 0 Å². The van der Waals surface area contributed by atoms with E-state index in [1.807, 2.05) is 5.32 Å². The zero-order valence-electron chi connectivity index (χ0n) is 14.3. The molecule has 1 aromatic carbocycles. The molecule has 0 bridgehead atoms. The molecule has 0 aliphatic carbocycles. The number of hydrogen-bond donors (Lipinski definition) is 3. The molecular weight excluding hydrogens is 373 g/mol. The van der Waals surface area contributed by atoms with Crippen molar-refractivity contribution >= 4 is 17.8 Å². The summed E-state index contributed by atoms with van der Waals surface area (Å²) in [4.78, 5) is 34.4. The lowest BCUT2D eigenvalue weighted by atomic mass is 9.97. The number of rotatable bonds is 8. The molecule has 0 aliphatic heterocycles. The molecule has 1 rings (SSSR count). The molecule has 0 fully saturated rings. The fraction of sp³-hybridized carbons (Fsp3) is 0.438. The van der Waals surface area contributed by atoms with Gasteiger partial charge in [-0.25, -0.2) is 4.79 Å². The van der Waals surface area contributed by atoms with E-state index < -0.39 is 48.8 Å². The van der Waals surface area contributed by atoms with Crippen molar-refractivity contribution in [1.82, 2.24) is 5.32 Å². The third kappa shape index (κ3) is 6.87. The van der Waals surface area contributed by atoms with Gasteiger partial charge in [-0.3, -0.25) is 15.3 Å². The van der Waals surface area contributed by atoms with E-state index >= 15 is 0 Å². The molecule has 27 heavy (non-hydrogen) atoms. The maximum atomic E-state index is 12.5. The number of carbonyl (C=O) groups is 3. The maximum absolute atomic E-state index is 12.5. The van der Waals surface area contributed by atoms with Crippen molar-refractivity contribution in [2.24, 2.45) is 5.73 Å². The van der Waals surface area contributed by atoms with Crippen molar-refractivity contribution in [3.05, 3.63) is 35.9 Å². The van der Waals surface area contributed by atoms with Gasteiger partial charge in [-0.05, 0) is 12.5 Å². The van der Waals surface area contributed by atoms with Crippen molar-refractivity contribution in [3.63, 3.8) is 0 Å². The van der Waals surface area contributed by atoms with E-state index in [1.165, 1.54) is 31.2 Å². The summed E-state index contributed by atoms with van der Waals surface area (Å²) in [6, 6.07) is 7.59. The quantitative estimate of drug-likeness (QED) is 0.421. The predicted octanol–water partition coefficient (Wildman–Crippen LogP) is 0.0298. The van der Waals surface area contributed by atoms with E-state index in [2.05, 4.69) is 9.47 Å². The Balaban J connectivity index is 2.99. The van der Waals surface area contributed by atoms with Crippen LogP contribution in [0.15, 0.2) is 30.3 Å². The topological polar surface area (TPSA) is 128 Å². The Hall–Kier alpha value is -2.66. The number of benzene rings is 1. The van der Waals surface area contributed by atoms with Crippen LogP contribution in [-0.2, 0) is 30.3 Å². The number of nitrogens with two attached hydrogens (primary N) is 1. The highest BCUT2D eigenvalue weighted by Gasteiger charge is 2.50. The van der Waals surface area contributed by atoms with Crippen molar-refractivity contribution in [2.45, 2.75) is 31.3 Å². The fourth-order valence-corrected chi connectivity index (χ4v) is 2.02. The van der Waals surface area contributed by atoms with Gasteiger partial charge in [0.2, 0.25) is 5.72 Å². The lowest BCUT2D eigenvalue weighted by Gasteiger charge is -2.33. The van der Waals surface area contributed by atoms with Gasteiger partial charge in [0.05, 0.1) is 6.61 Å². The monoisotopic (exact) mass is 392 g/mol. The lowest BCUT2D eigenvalue weighted by molar-refractivity contribution is -0.222. The van der Waals surface area contributed by atoms with Crippen molar-refractivity contribution < 1.29 is 42.1 Å². The minimum atomic E-state index is -5.39. The number of halogens is 3. The van der Waals surface area contributed by atoms with Crippen LogP contribution < -0.4 is 11.1 Å². The molecule has 150 valence electrons. The Morgan fingerprint density at radius 2 is 1.81 bits per heavy atom. The number of aliphatic hydroxyl groups excluding tert-OH is 1. The number of nitrogens with one attached hydrogen (secondary N) is 1. The first-order chi connectivity index (χ1) is 12.5. The number of aliphatic hydroxyl groups is 1. The Kier molecular flexibility index (Phi) is 7.73. The first-order valence-corrected chi connectivity index (χ1v) is 7.74. The van der Waals surface area contributed by atoms with Gasteiger partial charge in [0.25, 0.3) is 5.91 Å². The summed E-state index contributed by atoms with van der Waals surface area (Å²) >= 11 is 0. The number of hydrogen-bond acceptors (Lipinski definition) is 7. The van der Waals surface area contributed by atoms with E-state index in [0.717, 1.165) is 0 Å². The van der Waals surface area contributed by atoms with Crippen LogP contribution in [0.1, 0.15) is 12.5 Å². The second kappa shape index (κ2) is 9.33. The van der Waals surface area contributed by atoms with Crippen LogP contribution in [0.3, 0.4) is 0 Å². The molecule has 1 aromatic rings. The largest absolute Gasteiger partial charge is 0.490 e. The zero-order valence-corrected chi connectivity index (χ0v) is 14.3. The first-order valence-electron chi connectivity index (χ1n) is 7.74. The molecule has 11 heteroatoms. The van der Waals surface area contributed by atoms with Gasteiger partial charge in [0.1, 0.15) is 6.54 Å². The van der Waals surface area contributed by atoms with Gasteiger partial charge in [0.15, 0.2) is 6.10 Å². The fourth-order valence-electron chi connectivity index (χ4n) is 2.02. The maximum Gasteiger partial charge on any atom is 0.490 e. The summed E-state index contributed by atoms with van der Waals surface area (Å²) in [5.74, 6) is -4.81. The summed E-state index contributed by atoms with van der Waals surface area (Å²) in [7, 11) is 0. The van der Waals surface area contributed by atoms with Crippen LogP contribution in [0.5, 0.6) is 0 Å². The molecule has 0 aromatic heterocycles. The first kappa shape index (κ1) is 22.4. The van der Waals surface area contributed by atoms with E-state index in [4.69, 9.17) is 5.73 Å². The number of amides is 1. The van der Waals surface area contributed by atoms with Gasteiger partial charge in [-0.2, -0.15) is 13.2 Å². The average Bonchev–Trinajstić information content (AvgIpc) is 2.59. The molecule has 0 saturated carbocycles. The van der Waals surface area contributed by atoms with Crippen molar-refractivity contribution in [3.8, 4) is 0 Å². The summed E-state index contributed by atoms with van der Waals surface area (Å²) in [6.45, 7) is 0.906. The van der Waals surface area contributed by atoms with Crippen LogP contribution in [0.4, 0.5) is 13.2 Å². The van der Waals surface area contributed by atoms with Gasteiger partial charge in [0, 0.05) is 6.42 Å². The Bertz CT molecular complexity index is 668. The van der Waals surface area contributed by atoms with E-state index in [-0.39, 0.29) is 6.61 Å². The molecule has 2 atom stereocenters. The van der Waals surface area contributed by atoms with Crippen LogP contribution >= 0.6 is 0 Å². The van der Waals surface area contributed by atoms with Crippen molar-refractivity contribution in [2.75, 3.05) is 13.2 Å². The molecule has 0 saturated heterocycles. The molecule has 1 unspecified atom stereocenters. The third-order valence-corrected chi connectivity index (χ3v) is 3.26. The SMILES string of the molecule is CCOC(=O)CNC(=O)C(O)[C@](N)(Cc1ccccc1)OC(=O)C(F)(F)F. The van der Waals surface area contributed by atoms with E-state index in [0.29, 0.717) is 5.56 Å². The Labute approximate surface area is 152 Å². The highest BCUT2D eigenvalue weighted by atomic mass is 19.4. The Morgan fingerprint density at radius 3 is 2.33 bits per heavy atom. The van der Waals surface area contributed by atoms with Gasteiger partial charge in [-0.15, -0.1) is 0 Å². The zero-order chi connectivity index (χ0) is 20.7.